The standard InChI is InChI=1S/C55H35N3/c1-3-14-36(15-4-1)37-26-30-42(31-27-37)54-56-53(41-18-5-2-6-19-41)57-55(58-54)43-32-28-40(29-33-43)50-47-23-11-12-24-48(47)51(46-25-13-20-38-16-7-9-21-44(38)46)49-35-34-39-17-8-10-22-45(39)52(49)50/h1-35H. The Morgan fingerprint density at radius 3 is 1.26 bits per heavy atom. The van der Waals surface area contributed by atoms with E-state index in [0.717, 1.165) is 27.8 Å². The van der Waals surface area contributed by atoms with Crippen LogP contribution in [0.15, 0.2) is 212 Å². The Morgan fingerprint density at radius 1 is 0.224 bits per heavy atom. The first-order valence-corrected chi connectivity index (χ1v) is 19.7. The molecule has 0 saturated heterocycles. The molecule has 0 aliphatic rings. The third kappa shape index (κ3) is 5.80. The zero-order chi connectivity index (χ0) is 38.4. The third-order valence-electron chi connectivity index (χ3n) is 11.3. The number of benzene rings is 10. The van der Waals surface area contributed by atoms with E-state index < -0.39 is 0 Å². The summed E-state index contributed by atoms with van der Waals surface area (Å²) in [6.45, 7) is 0. The summed E-state index contributed by atoms with van der Waals surface area (Å²) in [6, 6.07) is 75.4. The second kappa shape index (κ2) is 14.1. The lowest BCUT2D eigenvalue weighted by Gasteiger charge is -2.20. The first kappa shape index (κ1) is 33.6. The summed E-state index contributed by atoms with van der Waals surface area (Å²) in [4.78, 5) is 15.1. The molecule has 3 nitrogen and oxygen atoms in total. The van der Waals surface area contributed by atoms with Crippen molar-refractivity contribution in [3.05, 3.63) is 212 Å². The van der Waals surface area contributed by atoms with E-state index in [9.17, 15) is 0 Å². The Balaban J connectivity index is 1.09. The van der Waals surface area contributed by atoms with Gasteiger partial charge < -0.3 is 0 Å². The highest BCUT2D eigenvalue weighted by Crippen LogP contribution is 2.47. The molecule has 11 aromatic rings. The van der Waals surface area contributed by atoms with Crippen molar-refractivity contribution in [3.63, 3.8) is 0 Å². The monoisotopic (exact) mass is 737 g/mol. The van der Waals surface area contributed by atoms with Crippen LogP contribution >= 0.6 is 0 Å². The number of hydrogen-bond acceptors (Lipinski definition) is 3. The summed E-state index contributed by atoms with van der Waals surface area (Å²) in [5, 5.41) is 9.87. The van der Waals surface area contributed by atoms with Gasteiger partial charge in [-0.15, -0.1) is 0 Å². The predicted molar refractivity (Wildman–Crippen MR) is 242 cm³/mol. The largest absolute Gasteiger partial charge is 0.208 e. The molecule has 10 aromatic carbocycles. The molecule has 0 fully saturated rings. The second-order valence-electron chi connectivity index (χ2n) is 14.7. The fraction of sp³-hybridized carbons (Fsp3) is 0. The van der Waals surface area contributed by atoms with Crippen LogP contribution in [0.2, 0.25) is 0 Å². The minimum absolute atomic E-state index is 0.633. The molecule has 0 spiro atoms. The van der Waals surface area contributed by atoms with Gasteiger partial charge in [0.1, 0.15) is 0 Å². The fourth-order valence-electron chi connectivity index (χ4n) is 8.56. The van der Waals surface area contributed by atoms with Crippen molar-refractivity contribution in [2.45, 2.75) is 0 Å². The lowest BCUT2D eigenvalue weighted by atomic mass is 9.83. The Morgan fingerprint density at radius 2 is 0.638 bits per heavy atom. The highest BCUT2D eigenvalue weighted by molar-refractivity contribution is 6.29. The van der Waals surface area contributed by atoms with Gasteiger partial charge in [0.25, 0.3) is 0 Å². The number of fused-ring (bicyclic) bond motifs is 5. The highest BCUT2D eigenvalue weighted by atomic mass is 15.0. The van der Waals surface area contributed by atoms with E-state index in [1.54, 1.807) is 0 Å². The predicted octanol–water partition coefficient (Wildman–Crippen LogP) is 14.5. The summed E-state index contributed by atoms with van der Waals surface area (Å²) < 4.78 is 0. The van der Waals surface area contributed by atoms with Crippen LogP contribution in [-0.4, -0.2) is 15.0 Å². The molecule has 3 heteroatoms. The molecule has 0 N–H and O–H groups in total. The maximum atomic E-state index is 5.09. The third-order valence-corrected chi connectivity index (χ3v) is 11.3. The smallest absolute Gasteiger partial charge is 0.164 e. The number of nitrogens with zero attached hydrogens (tertiary/aromatic N) is 3. The van der Waals surface area contributed by atoms with Crippen LogP contribution in [0.5, 0.6) is 0 Å². The van der Waals surface area contributed by atoms with E-state index >= 15 is 0 Å². The van der Waals surface area contributed by atoms with Crippen LogP contribution in [-0.2, 0) is 0 Å². The summed E-state index contributed by atoms with van der Waals surface area (Å²) in [5.74, 6) is 1.92. The summed E-state index contributed by atoms with van der Waals surface area (Å²) in [5.41, 5.74) is 9.99. The van der Waals surface area contributed by atoms with Gasteiger partial charge in [-0.1, -0.05) is 212 Å². The molecule has 1 heterocycles. The molecule has 11 rings (SSSR count). The molecule has 270 valence electrons. The Bertz CT molecular complexity index is 3300. The Hall–Kier alpha value is -7.75. The van der Waals surface area contributed by atoms with E-state index in [2.05, 4.69) is 176 Å². The highest BCUT2D eigenvalue weighted by Gasteiger charge is 2.20. The normalized spacial score (nSPS) is 11.4. The van der Waals surface area contributed by atoms with E-state index in [0.29, 0.717) is 17.5 Å². The van der Waals surface area contributed by atoms with Gasteiger partial charge in [0.15, 0.2) is 17.5 Å². The van der Waals surface area contributed by atoms with E-state index in [1.807, 2.05) is 36.4 Å². The van der Waals surface area contributed by atoms with Crippen LogP contribution in [0.3, 0.4) is 0 Å². The molecule has 0 radical (unpaired) electrons. The van der Waals surface area contributed by atoms with Gasteiger partial charge in [-0.05, 0) is 76.5 Å². The van der Waals surface area contributed by atoms with Gasteiger partial charge in [-0.2, -0.15) is 0 Å². The lowest BCUT2D eigenvalue weighted by Crippen LogP contribution is -2.00. The van der Waals surface area contributed by atoms with Crippen LogP contribution in [0.1, 0.15) is 0 Å². The first-order valence-electron chi connectivity index (χ1n) is 19.7. The molecule has 0 amide bonds. The SMILES string of the molecule is c1ccc(-c2ccc(-c3nc(-c4ccccc4)nc(-c4ccc(-c5c6ccccc6c(-c6cccc7ccccc67)c6ccc7ccccc7c56)cc4)n3)cc2)cc1. The van der Waals surface area contributed by atoms with Crippen molar-refractivity contribution in [2.24, 2.45) is 0 Å². The van der Waals surface area contributed by atoms with Crippen molar-refractivity contribution in [3.8, 4) is 67.5 Å². The van der Waals surface area contributed by atoms with Crippen LogP contribution in [0.4, 0.5) is 0 Å². The summed E-state index contributed by atoms with van der Waals surface area (Å²) in [6.07, 6.45) is 0. The minimum Gasteiger partial charge on any atom is -0.208 e. The van der Waals surface area contributed by atoms with Gasteiger partial charge in [-0.25, -0.2) is 15.0 Å². The number of rotatable bonds is 6. The van der Waals surface area contributed by atoms with E-state index in [4.69, 9.17) is 15.0 Å². The fourth-order valence-corrected chi connectivity index (χ4v) is 8.56. The first-order chi connectivity index (χ1) is 28.8. The van der Waals surface area contributed by atoms with Crippen LogP contribution < -0.4 is 0 Å². The molecule has 0 unspecified atom stereocenters. The number of hydrogen-bond donors (Lipinski definition) is 0. The quantitative estimate of drug-likeness (QED) is 0.126. The van der Waals surface area contributed by atoms with Gasteiger partial charge >= 0.3 is 0 Å². The molecule has 0 saturated carbocycles. The maximum Gasteiger partial charge on any atom is 0.164 e. The second-order valence-corrected chi connectivity index (χ2v) is 14.7. The van der Waals surface area contributed by atoms with Crippen LogP contribution in [0, 0.1) is 0 Å². The molecule has 0 aliphatic heterocycles. The van der Waals surface area contributed by atoms with E-state index in [-0.39, 0.29) is 0 Å². The molecular formula is C55H35N3. The molecular weight excluding hydrogens is 703 g/mol. The minimum atomic E-state index is 0.633. The van der Waals surface area contributed by atoms with Crippen molar-refractivity contribution in [2.75, 3.05) is 0 Å². The van der Waals surface area contributed by atoms with Crippen molar-refractivity contribution >= 4 is 43.1 Å². The topological polar surface area (TPSA) is 38.7 Å². The van der Waals surface area contributed by atoms with Gasteiger partial charge in [-0.3, -0.25) is 0 Å². The summed E-state index contributed by atoms with van der Waals surface area (Å²) in [7, 11) is 0. The van der Waals surface area contributed by atoms with E-state index in [1.165, 1.54) is 65.3 Å². The molecule has 58 heavy (non-hydrogen) atoms. The average molecular weight is 738 g/mol. The zero-order valence-electron chi connectivity index (χ0n) is 31.5. The average Bonchev–Trinajstić information content (AvgIpc) is 3.31. The van der Waals surface area contributed by atoms with Crippen molar-refractivity contribution in [1.29, 1.82) is 0 Å². The molecule has 0 aliphatic carbocycles. The van der Waals surface area contributed by atoms with Crippen molar-refractivity contribution < 1.29 is 0 Å². The van der Waals surface area contributed by atoms with Crippen LogP contribution in [0.25, 0.3) is 111 Å². The summed E-state index contributed by atoms with van der Waals surface area (Å²) >= 11 is 0. The molecule has 1 aromatic heterocycles. The molecule has 0 atom stereocenters. The van der Waals surface area contributed by atoms with Gasteiger partial charge in [0, 0.05) is 16.7 Å². The maximum absolute atomic E-state index is 5.09. The van der Waals surface area contributed by atoms with Crippen molar-refractivity contribution in [1.82, 2.24) is 15.0 Å². The van der Waals surface area contributed by atoms with Gasteiger partial charge in [0.05, 0.1) is 0 Å². The number of aromatic nitrogens is 3. The Kier molecular flexibility index (Phi) is 8.15. The zero-order valence-corrected chi connectivity index (χ0v) is 31.5. The Labute approximate surface area is 336 Å². The van der Waals surface area contributed by atoms with Gasteiger partial charge in [0.2, 0.25) is 0 Å². The molecule has 0 bridgehead atoms. The lowest BCUT2D eigenvalue weighted by molar-refractivity contribution is 1.07.